The Morgan fingerprint density at radius 2 is 1.52 bits per heavy atom. The summed E-state index contributed by atoms with van der Waals surface area (Å²) in [6.45, 7) is 1.56. The van der Waals surface area contributed by atoms with E-state index in [1.807, 2.05) is 56.6 Å². The molecule has 0 amide bonds. The highest BCUT2D eigenvalue weighted by atomic mass is 16.5. The molecule has 0 atom stereocenters. The normalized spacial score (nSPS) is 11.5. The molecule has 0 saturated heterocycles. The van der Waals surface area contributed by atoms with E-state index in [1.54, 1.807) is 12.1 Å². The number of rotatable bonds is 10. The Morgan fingerprint density at radius 1 is 0.871 bits per heavy atom. The van der Waals surface area contributed by atoms with E-state index in [1.165, 1.54) is 16.7 Å². The quantitative estimate of drug-likeness (QED) is 0.495. The molecule has 0 bridgehead atoms. The van der Waals surface area contributed by atoms with Crippen LogP contribution in [0.4, 0.5) is 0 Å². The van der Waals surface area contributed by atoms with Crippen LogP contribution in [-0.4, -0.2) is 43.2 Å². The summed E-state index contributed by atoms with van der Waals surface area (Å²) in [7, 11) is 4.06. The number of hydrogen-bond donors (Lipinski definition) is 1. The average Bonchev–Trinajstić information content (AvgIpc) is 2.78. The first-order valence-electron chi connectivity index (χ1n) is 10.4. The highest BCUT2D eigenvalue weighted by molar-refractivity contribution is 5.87. The zero-order chi connectivity index (χ0) is 22.1. The van der Waals surface area contributed by atoms with Crippen molar-refractivity contribution in [2.45, 2.75) is 12.8 Å². The third kappa shape index (κ3) is 7.12. The number of benzene rings is 3. The third-order valence-corrected chi connectivity index (χ3v) is 5.05. The van der Waals surface area contributed by atoms with Crippen LogP contribution in [-0.2, 0) is 12.8 Å². The molecule has 0 aliphatic carbocycles. The molecule has 3 aromatic rings. The van der Waals surface area contributed by atoms with Gasteiger partial charge in [0.25, 0.3) is 0 Å². The van der Waals surface area contributed by atoms with Crippen molar-refractivity contribution < 1.29 is 14.6 Å². The average molecular weight is 416 g/mol. The molecule has 0 aromatic heterocycles. The van der Waals surface area contributed by atoms with Gasteiger partial charge in [-0.2, -0.15) is 0 Å². The SMILES string of the molecule is CN(C)CCOc1ccc(CC=C(Cc2ccc(C(=O)O)cc2)c2ccccc2)cc1. The van der Waals surface area contributed by atoms with Gasteiger partial charge in [-0.15, -0.1) is 0 Å². The van der Waals surface area contributed by atoms with Gasteiger partial charge in [-0.3, -0.25) is 0 Å². The minimum absolute atomic E-state index is 0.307. The summed E-state index contributed by atoms with van der Waals surface area (Å²) in [6, 6.07) is 25.7. The number of carboxylic acids is 1. The zero-order valence-corrected chi connectivity index (χ0v) is 18.1. The van der Waals surface area contributed by atoms with Gasteiger partial charge in [0.2, 0.25) is 0 Å². The molecule has 0 heterocycles. The molecule has 0 saturated carbocycles. The van der Waals surface area contributed by atoms with Crippen molar-refractivity contribution in [1.29, 1.82) is 0 Å². The van der Waals surface area contributed by atoms with E-state index in [0.29, 0.717) is 12.2 Å². The number of ether oxygens (including phenoxy) is 1. The Labute approximate surface area is 184 Å². The summed E-state index contributed by atoms with van der Waals surface area (Å²) in [5, 5.41) is 9.11. The van der Waals surface area contributed by atoms with Crippen molar-refractivity contribution in [3.05, 3.63) is 107 Å². The highest BCUT2D eigenvalue weighted by Gasteiger charge is 2.06. The molecular weight excluding hydrogens is 386 g/mol. The number of hydrogen-bond acceptors (Lipinski definition) is 3. The van der Waals surface area contributed by atoms with Gasteiger partial charge in [0.15, 0.2) is 0 Å². The van der Waals surface area contributed by atoms with Gasteiger partial charge in [-0.25, -0.2) is 4.79 Å². The molecule has 0 radical (unpaired) electrons. The van der Waals surface area contributed by atoms with Crippen molar-refractivity contribution in [3.8, 4) is 5.75 Å². The smallest absolute Gasteiger partial charge is 0.335 e. The first-order chi connectivity index (χ1) is 15.0. The minimum atomic E-state index is -0.903. The Kier molecular flexibility index (Phi) is 8.02. The molecule has 4 heteroatoms. The van der Waals surface area contributed by atoms with E-state index in [0.717, 1.165) is 30.7 Å². The first-order valence-corrected chi connectivity index (χ1v) is 10.4. The molecule has 3 rings (SSSR count). The van der Waals surface area contributed by atoms with Gasteiger partial charge in [-0.1, -0.05) is 60.7 Å². The second kappa shape index (κ2) is 11.1. The summed E-state index contributed by atoms with van der Waals surface area (Å²) in [5.41, 5.74) is 5.00. The van der Waals surface area contributed by atoms with Crippen molar-refractivity contribution >= 4 is 11.5 Å². The summed E-state index contributed by atoms with van der Waals surface area (Å²) < 4.78 is 5.77. The Balaban J connectivity index is 1.71. The van der Waals surface area contributed by atoms with Gasteiger partial charge >= 0.3 is 5.97 Å². The topological polar surface area (TPSA) is 49.8 Å². The number of likely N-dealkylation sites (N-methyl/N-ethyl adjacent to an activating group) is 1. The minimum Gasteiger partial charge on any atom is -0.492 e. The standard InChI is InChI=1S/C27H29NO3/c1-28(2)18-19-31-26-16-11-21(12-17-26)8-15-25(23-6-4-3-5-7-23)20-22-9-13-24(14-10-22)27(29)30/h3-7,9-17H,8,18-20H2,1-2H3,(H,29,30). The summed E-state index contributed by atoms with van der Waals surface area (Å²) in [6.07, 6.45) is 3.81. The largest absolute Gasteiger partial charge is 0.492 e. The van der Waals surface area contributed by atoms with E-state index in [9.17, 15) is 4.79 Å². The fourth-order valence-electron chi connectivity index (χ4n) is 3.24. The molecule has 0 unspecified atom stereocenters. The first kappa shape index (κ1) is 22.3. The van der Waals surface area contributed by atoms with Crippen LogP contribution in [0, 0.1) is 0 Å². The molecule has 0 fully saturated rings. The zero-order valence-electron chi connectivity index (χ0n) is 18.1. The lowest BCUT2D eigenvalue weighted by atomic mass is 9.95. The Bertz CT molecular complexity index is 991. The van der Waals surface area contributed by atoms with E-state index < -0.39 is 5.97 Å². The Morgan fingerprint density at radius 3 is 2.13 bits per heavy atom. The molecule has 31 heavy (non-hydrogen) atoms. The molecule has 0 spiro atoms. The third-order valence-electron chi connectivity index (χ3n) is 5.05. The number of carboxylic acid groups (broad SMARTS) is 1. The van der Waals surface area contributed by atoms with Crippen LogP contribution < -0.4 is 4.74 Å². The van der Waals surface area contributed by atoms with Crippen LogP contribution in [0.5, 0.6) is 5.75 Å². The van der Waals surface area contributed by atoms with Gasteiger partial charge < -0.3 is 14.7 Å². The van der Waals surface area contributed by atoms with Crippen molar-refractivity contribution in [2.24, 2.45) is 0 Å². The molecule has 160 valence electrons. The summed E-state index contributed by atoms with van der Waals surface area (Å²) in [5.74, 6) is -0.0177. The molecule has 0 aliphatic heterocycles. The number of aromatic carboxylic acids is 1. The van der Waals surface area contributed by atoms with Gasteiger partial charge in [0.1, 0.15) is 12.4 Å². The number of nitrogens with zero attached hydrogens (tertiary/aromatic N) is 1. The lowest BCUT2D eigenvalue weighted by Gasteiger charge is -2.11. The number of carbonyl (C=O) groups is 1. The second-order valence-electron chi connectivity index (χ2n) is 7.77. The molecule has 4 nitrogen and oxygen atoms in total. The van der Waals surface area contributed by atoms with E-state index in [2.05, 4.69) is 35.2 Å². The predicted octanol–water partition coefficient (Wildman–Crippen LogP) is 5.19. The van der Waals surface area contributed by atoms with Crippen LogP contribution in [0.25, 0.3) is 5.57 Å². The van der Waals surface area contributed by atoms with E-state index in [4.69, 9.17) is 9.84 Å². The second-order valence-corrected chi connectivity index (χ2v) is 7.77. The summed E-state index contributed by atoms with van der Waals surface area (Å²) >= 11 is 0. The van der Waals surface area contributed by atoms with Crippen molar-refractivity contribution in [3.63, 3.8) is 0 Å². The fraction of sp³-hybridized carbons (Fsp3) is 0.222. The highest BCUT2D eigenvalue weighted by Crippen LogP contribution is 2.22. The molecule has 3 aromatic carbocycles. The van der Waals surface area contributed by atoms with Gasteiger partial charge in [0.05, 0.1) is 5.56 Å². The maximum absolute atomic E-state index is 11.1. The lowest BCUT2D eigenvalue weighted by molar-refractivity contribution is 0.0697. The predicted molar refractivity (Wildman–Crippen MR) is 126 cm³/mol. The lowest BCUT2D eigenvalue weighted by Crippen LogP contribution is -2.19. The molecule has 1 N–H and O–H groups in total. The Hall–Kier alpha value is -3.37. The number of allylic oxidation sites excluding steroid dienone is 2. The maximum atomic E-state index is 11.1. The van der Waals surface area contributed by atoms with Crippen LogP contribution in [0.2, 0.25) is 0 Å². The van der Waals surface area contributed by atoms with Crippen molar-refractivity contribution in [1.82, 2.24) is 4.90 Å². The summed E-state index contributed by atoms with van der Waals surface area (Å²) in [4.78, 5) is 13.2. The van der Waals surface area contributed by atoms with E-state index in [-0.39, 0.29) is 0 Å². The monoisotopic (exact) mass is 415 g/mol. The maximum Gasteiger partial charge on any atom is 0.335 e. The van der Waals surface area contributed by atoms with Gasteiger partial charge in [0, 0.05) is 6.54 Å². The van der Waals surface area contributed by atoms with Crippen LogP contribution >= 0.6 is 0 Å². The van der Waals surface area contributed by atoms with E-state index >= 15 is 0 Å². The van der Waals surface area contributed by atoms with Gasteiger partial charge in [-0.05, 0) is 73.5 Å². The molecule has 0 aliphatic rings. The van der Waals surface area contributed by atoms with Crippen LogP contribution in [0.1, 0.15) is 27.0 Å². The van der Waals surface area contributed by atoms with Crippen LogP contribution in [0.15, 0.2) is 84.9 Å². The molecular formula is C27H29NO3. The fourth-order valence-corrected chi connectivity index (χ4v) is 3.24. The van der Waals surface area contributed by atoms with Crippen molar-refractivity contribution in [2.75, 3.05) is 27.2 Å². The van der Waals surface area contributed by atoms with Crippen LogP contribution in [0.3, 0.4) is 0 Å².